The summed E-state index contributed by atoms with van der Waals surface area (Å²) in [6.07, 6.45) is 1.49. The van der Waals surface area contributed by atoms with E-state index in [9.17, 15) is 19.1 Å². The summed E-state index contributed by atoms with van der Waals surface area (Å²) in [5, 5.41) is 12.7. The van der Waals surface area contributed by atoms with Gasteiger partial charge in [-0.2, -0.15) is 0 Å². The van der Waals surface area contributed by atoms with E-state index in [1.54, 1.807) is 41.8 Å². The lowest BCUT2D eigenvalue weighted by Crippen LogP contribution is -2.29. The number of carbonyl (C=O) groups is 2. The molecule has 1 atom stereocenters. The molecule has 134 valence electrons. The lowest BCUT2D eigenvalue weighted by atomic mass is 9.95. The number of ketones is 1. The van der Waals surface area contributed by atoms with Crippen LogP contribution in [0.25, 0.3) is 5.76 Å². The topological polar surface area (TPSA) is 70.5 Å². The third-order valence-electron chi connectivity index (χ3n) is 4.32. The molecular formula is C20H13FN2O3S. The fraction of sp³-hybridized carbons (Fsp3) is 0.0500. The van der Waals surface area contributed by atoms with Gasteiger partial charge in [0.1, 0.15) is 17.6 Å². The molecule has 5 nitrogen and oxygen atoms in total. The van der Waals surface area contributed by atoms with Gasteiger partial charge in [0.05, 0.1) is 5.57 Å². The van der Waals surface area contributed by atoms with Gasteiger partial charge in [0.15, 0.2) is 5.13 Å². The second kappa shape index (κ2) is 6.77. The molecule has 27 heavy (non-hydrogen) atoms. The third-order valence-corrected chi connectivity index (χ3v) is 5.09. The summed E-state index contributed by atoms with van der Waals surface area (Å²) < 4.78 is 14.6. The Kier molecular flexibility index (Phi) is 4.29. The monoisotopic (exact) mass is 380 g/mol. The molecule has 0 aliphatic carbocycles. The molecule has 0 unspecified atom stereocenters. The van der Waals surface area contributed by atoms with Crippen LogP contribution >= 0.6 is 11.3 Å². The number of hydrogen-bond acceptors (Lipinski definition) is 5. The SMILES string of the molecule is O=C1C(=O)N(c2nccs2)[C@H](c2ccccc2F)C1=C(O)c1ccccc1. The molecule has 1 aliphatic heterocycles. The highest BCUT2D eigenvalue weighted by atomic mass is 32.1. The molecule has 0 spiro atoms. The van der Waals surface area contributed by atoms with Crippen molar-refractivity contribution in [1.82, 2.24) is 4.98 Å². The maximum Gasteiger partial charge on any atom is 0.301 e. The fourth-order valence-electron chi connectivity index (χ4n) is 3.11. The molecule has 2 aromatic carbocycles. The smallest absolute Gasteiger partial charge is 0.301 e. The number of thiazole rings is 1. The van der Waals surface area contributed by atoms with Crippen LogP contribution in [0.4, 0.5) is 9.52 Å². The van der Waals surface area contributed by atoms with Crippen LogP contribution in [0.15, 0.2) is 71.7 Å². The van der Waals surface area contributed by atoms with Gasteiger partial charge in [0.2, 0.25) is 0 Å². The van der Waals surface area contributed by atoms with Gasteiger partial charge >= 0.3 is 5.91 Å². The van der Waals surface area contributed by atoms with E-state index >= 15 is 0 Å². The molecule has 1 aromatic heterocycles. The summed E-state index contributed by atoms with van der Waals surface area (Å²) >= 11 is 1.15. The van der Waals surface area contributed by atoms with Gasteiger partial charge in [-0.1, -0.05) is 48.5 Å². The average Bonchev–Trinajstić information content (AvgIpc) is 3.30. The Hall–Kier alpha value is -3.32. The Morgan fingerprint density at radius 3 is 2.44 bits per heavy atom. The molecule has 0 radical (unpaired) electrons. The molecule has 1 saturated heterocycles. The number of hydrogen-bond donors (Lipinski definition) is 1. The highest BCUT2D eigenvalue weighted by Crippen LogP contribution is 2.43. The van der Waals surface area contributed by atoms with Crippen molar-refractivity contribution in [2.24, 2.45) is 0 Å². The Morgan fingerprint density at radius 1 is 1.07 bits per heavy atom. The van der Waals surface area contributed by atoms with E-state index in [0.29, 0.717) is 5.56 Å². The third kappa shape index (κ3) is 2.82. The Labute approximate surface area is 158 Å². The van der Waals surface area contributed by atoms with Crippen molar-refractivity contribution in [2.75, 3.05) is 4.90 Å². The van der Waals surface area contributed by atoms with E-state index in [-0.39, 0.29) is 22.0 Å². The van der Waals surface area contributed by atoms with Crippen LogP contribution < -0.4 is 4.90 Å². The van der Waals surface area contributed by atoms with Crippen molar-refractivity contribution in [1.29, 1.82) is 0 Å². The number of carbonyl (C=O) groups excluding carboxylic acids is 2. The Bertz CT molecular complexity index is 1050. The van der Waals surface area contributed by atoms with E-state index in [1.807, 2.05) is 0 Å². The van der Waals surface area contributed by atoms with Gasteiger partial charge in [0, 0.05) is 22.7 Å². The predicted octanol–water partition coefficient (Wildman–Crippen LogP) is 3.91. The molecule has 0 saturated carbocycles. The standard InChI is InChI=1S/C20H13FN2O3S/c21-14-9-5-4-8-13(14)16-15(17(24)12-6-2-1-3-7-12)18(25)19(26)23(16)20-22-10-11-27-20/h1-11,16,24H/t16-/m1/s1. The van der Waals surface area contributed by atoms with Crippen molar-refractivity contribution >= 4 is 33.9 Å². The first-order valence-electron chi connectivity index (χ1n) is 8.10. The van der Waals surface area contributed by atoms with Crippen molar-refractivity contribution in [2.45, 2.75) is 6.04 Å². The van der Waals surface area contributed by atoms with Crippen LogP contribution in [0.2, 0.25) is 0 Å². The van der Waals surface area contributed by atoms with E-state index in [2.05, 4.69) is 4.98 Å². The number of Topliss-reactive ketones (excluding diaryl/α,β-unsaturated/α-hetero) is 1. The molecule has 1 fully saturated rings. The van der Waals surface area contributed by atoms with Crippen molar-refractivity contribution in [3.8, 4) is 0 Å². The van der Waals surface area contributed by atoms with Crippen LogP contribution in [0.1, 0.15) is 17.2 Å². The highest BCUT2D eigenvalue weighted by molar-refractivity contribution is 7.14. The minimum absolute atomic E-state index is 0.115. The van der Waals surface area contributed by atoms with Crippen molar-refractivity contribution in [3.63, 3.8) is 0 Å². The van der Waals surface area contributed by atoms with E-state index in [0.717, 1.165) is 16.2 Å². The summed E-state index contributed by atoms with van der Waals surface area (Å²) in [7, 11) is 0. The highest BCUT2D eigenvalue weighted by Gasteiger charge is 2.48. The summed E-state index contributed by atoms with van der Waals surface area (Å²) in [6.45, 7) is 0. The normalized spacial score (nSPS) is 18.9. The van der Waals surface area contributed by atoms with Gasteiger partial charge in [-0.15, -0.1) is 11.3 Å². The van der Waals surface area contributed by atoms with Crippen LogP contribution in [0.3, 0.4) is 0 Å². The number of aliphatic hydroxyl groups excluding tert-OH is 1. The summed E-state index contributed by atoms with van der Waals surface area (Å²) in [4.78, 5) is 30.7. The Balaban J connectivity index is 1.98. The van der Waals surface area contributed by atoms with Crippen LogP contribution in [-0.2, 0) is 9.59 Å². The number of benzene rings is 2. The number of aliphatic hydroxyl groups is 1. The first-order chi connectivity index (χ1) is 13.1. The Morgan fingerprint density at radius 2 is 1.78 bits per heavy atom. The average molecular weight is 380 g/mol. The van der Waals surface area contributed by atoms with Crippen LogP contribution in [-0.4, -0.2) is 21.8 Å². The maximum absolute atomic E-state index is 14.6. The quantitative estimate of drug-likeness (QED) is 0.425. The minimum Gasteiger partial charge on any atom is -0.507 e. The maximum atomic E-state index is 14.6. The van der Waals surface area contributed by atoms with Gasteiger partial charge in [-0.3, -0.25) is 14.5 Å². The molecule has 2 heterocycles. The largest absolute Gasteiger partial charge is 0.507 e. The lowest BCUT2D eigenvalue weighted by molar-refractivity contribution is -0.132. The van der Waals surface area contributed by atoms with Gasteiger partial charge in [0.25, 0.3) is 5.78 Å². The zero-order valence-electron chi connectivity index (χ0n) is 13.9. The van der Waals surface area contributed by atoms with Crippen molar-refractivity contribution in [3.05, 3.63) is 88.7 Å². The number of anilines is 1. The van der Waals surface area contributed by atoms with Gasteiger partial charge in [-0.05, 0) is 6.07 Å². The molecular weight excluding hydrogens is 367 g/mol. The summed E-state index contributed by atoms with van der Waals surface area (Å²) in [5.74, 6) is -2.65. The summed E-state index contributed by atoms with van der Waals surface area (Å²) in [6, 6.07) is 13.2. The second-order valence-electron chi connectivity index (χ2n) is 5.87. The molecule has 1 amide bonds. The minimum atomic E-state index is -1.10. The zero-order valence-corrected chi connectivity index (χ0v) is 14.7. The van der Waals surface area contributed by atoms with E-state index in [4.69, 9.17) is 0 Å². The molecule has 1 N–H and O–H groups in total. The number of nitrogens with zero attached hydrogens (tertiary/aromatic N) is 2. The first kappa shape index (κ1) is 17.1. The predicted molar refractivity (Wildman–Crippen MR) is 99.7 cm³/mol. The fourth-order valence-corrected chi connectivity index (χ4v) is 3.77. The molecule has 0 bridgehead atoms. The van der Waals surface area contributed by atoms with E-state index in [1.165, 1.54) is 24.4 Å². The molecule has 3 aromatic rings. The number of aromatic nitrogens is 1. The molecule has 7 heteroatoms. The molecule has 4 rings (SSSR count). The van der Waals surface area contributed by atoms with Crippen LogP contribution in [0.5, 0.6) is 0 Å². The lowest BCUT2D eigenvalue weighted by Gasteiger charge is -2.23. The van der Waals surface area contributed by atoms with Crippen LogP contribution in [0, 0.1) is 5.82 Å². The van der Waals surface area contributed by atoms with Gasteiger partial charge in [-0.25, -0.2) is 9.37 Å². The first-order valence-corrected chi connectivity index (χ1v) is 8.98. The number of amides is 1. The van der Waals surface area contributed by atoms with Gasteiger partial charge < -0.3 is 5.11 Å². The van der Waals surface area contributed by atoms with E-state index < -0.39 is 23.5 Å². The number of rotatable bonds is 3. The molecule has 1 aliphatic rings. The second-order valence-corrected chi connectivity index (χ2v) is 6.74. The summed E-state index contributed by atoms with van der Waals surface area (Å²) in [5.41, 5.74) is 0.326. The zero-order chi connectivity index (χ0) is 19.0. The number of halogens is 1. The van der Waals surface area contributed by atoms with Crippen molar-refractivity contribution < 1.29 is 19.1 Å².